The largest absolute Gasteiger partial charge is 0.478 e. The molecule has 166 valence electrons. The molecule has 3 heterocycles. The minimum Gasteiger partial charge on any atom is -0.478 e. The molecular formula is C20H16N8O4S. The molecule has 0 unspecified atom stereocenters. The average molecular weight is 464 g/mol. The minimum atomic E-state index is -0.637. The molecule has 0 atom stereocenters. The van der Waals surface area contributed by atoms with Crippen LogP contribution in [0.5, 0.6) is 0 Å². The average Bonchev–Trinajstić information content (AvgIpc) is 3.26. The summed E-state index contributed by atoms with van der Waals surface area (Å²) in [5.74, 6) is -1.58. The quantitative estimate of drug-likeness (QED) is 0.474. The van der Waals surface area contributed by atoms with Gasteiger partial charge in [-0.2, -0.15) is 5.26 Å². The van der Waals surface area contributed by atoms with Crippen LogP contribution in [0.3, 0.4) is 0 Å². The predicted octanol–water partition coefficient (Wildman–Crippen LogP) is 1.59. The highest BCUT2D eigenvalue weighted by molar-refractivity contribution is 7.21. The number of anilines is 2. The molecule has 1 aliphatic heterocycles. The van der Waals surface area contributed by atoms with E-state index in [1.165, 1.54) is 24.1 Å². The fourth-order valence-corrected chi connectivity index (χ4v) is 4.25. The van der Waals surface area contributed by atoms with Crippen LogP contribution in [0.1, 0.15) is 27.7 Å². The van der Waals surface area contributed by atoms with Crippen molar-refractivity contribution in [3.05, 3.63) is 46.3 Å². The maximum atomic E-state index is 12.9. The van der Waals surface area contributed by atoms with Crippen molar-refractivity contribution in [3.8, 4) is 6.07 Å². The van der Waals surface area contributed by atoms with Gasteiger partial charge in [-0.1, -0.05) is 5.59 Å². The molecule has 6 N–H and O–H groups in total. The summed E-state index contributed by atoms with van der Waals surface area (Å²) in [7, 11) is 1.55. The number of nitriles is 1. The molecule has 2 aliphatic rings. The molecule has 0 spiro atoms. The predicted molar refractivity (Wildman–Crippen MR) is 123 cm³/mol. The van der Waals surface area contributed by atoms with Gasteiger partial charge in [-0.05, 0) is 24.3 Å². The van der Waals surface area contributed by atoms with Gasteiger partial charge in [0.15, 0.2) is 0 Å². The Morgan fingerprint density at radius 3 is 2.42 bits per heavy atom. The molecule has 1 aliphatic carbocycles. The number of allylic oxidation sites excluding steroid dienone is 4. The fourth-order valence-electron chi connectivity index (χ4n) is 3.25. The van der Waals surface area contributed by atoms with Crippen LogP contribution in [0.2, 0.25) is 0 Å². The second kappa shape index (κ2) is 8.19. The first kappa shape index (κ1) is 21.7. The number of aliphatic hydroxyl groups excluding tert-OH is 1. The third-order valence-corrected chi connectivity index (χ3v) is 5.72. The number of hydrogen-bond acceptors (Lipinski definition) is 11. The van der Waals surface area contributed by atoms with Crippen LogP contribution >= 0.6 is 11.3 Å². The highest BCUT2D eigenvalue weighted by Gasteiger charge is 2.32. The van der Waals surface area contributed by atoms with Crippen LogP contribution in [0.4, 0.5) is 11.5 Å². The van der Waals surface area contributed by atoms with Gasteiger partial charge in [0.2, 0.25) is 5.91 Å². The monoisotopic (exact) mass is 464 g/mol. The molecule has 2 amide bonds. The number of carbonyl (C=O) groups excluding carboxylic acids is 2. The van der Waals surface area contributed by atoms with Crippen molar-refractivity contribution in [2.24, 2.45) is 9.98 Å². The van der Waals surface area contributed by atoms with E-state index in [0.717, 1.165) is 11.3 Å². The standard InChI is InChI=1S/C20H16N8O4S/c1-8(29)24-9-3-5-10(6-4-9)25-18(30)16-14(22)13-12(15-20(31)32-27-28(15)2)11(7-21)17(23)26-19(13)33-16/h3-6,27,31H,22H2,1-2H3,(H2,23,26). The van der Waals surface area contributed by atoms with Crippen molar-refractivity contribution in [1.29, 1.82) is 5.26 Å². The highest BCUT2D eigenvalue weighted by Crippen LogP contribution is 2.42. The van der Waals surface area contributed by atoms with Gasteiger partial charge in [0, 0.05) is 24.9 Å². The third kappa shape index (κ3) is 3.80. The lowest BCUT2D eigenvalue weighted by atomic mass is 10.0. The third-order valence-electron chi connectivity index (χ3n) is 4.63. The maximum Gasteiger partial charge on any atom is 0.325 e. The van der Waals surface area contributed by atoms with Crippen LogP contribution in [0, 0.1) is 11.3 Å². The van der Waals surface area contributed by atoms with Gasteiger partial charge in [0.25, 0.3) is 5.91 Å². The number of nitrogen functional groups attached to an aromatic ring is 2. The van der Waals surface area contributed by atoms with Gasteiger partial charge in [-0.15, -0.1) is 11.3 Å². The first-order valence-electron chi connectivity index (χ1n) is 9.31. The van der Waals surface area contributed by atoms with Crippen molar-refractivity contribution in [2.75, 3.05) is 18.5 Å². The molecule has 0 aromatic carbocycles. The summed E-state index contributed by atoms with van der Waals surface area (Å²) in [5.41, 5.74) is 15.8. The normalized spacial score (nSPS) is 15.1. The zero-order valence-corrected chi connectivity index (χ0v) is 18.1. The molecule has 0 saturated carbocycles. The lowest BCUT2D eigenvalue weighted by Crippen LogP contribution is -2.26. The molecule has 12 nitrogen and oxygen atoms in total. The highest BCUT2D eigenvalue weighted by atomic mass is 32.1. The Morgan fingerprint density at radius 1 is 1.24 bits per heavy atom. The van der Waals surface area contributed by atoms with Gasteiger partial charge in [0.1, 0.15) is 32.9 Å². The van der Waals surface area contributed by atoms with Gasteiger partial charge < -0.3 is 21.4 Å². The number of fused-ring (bicyclic) bond motifs is 1. The van der Waals surface area contributed by atoms with Crippen molar-refractivity contribution in [1.82, 2.24) is 15.6 Å². The Morgan fingerprint density at radius 2 is 1.88 bits per heavy atom. The van der Waals surface area contributed by atoms with E-state index in [1.54, 1.807) is 19.2 Å². The molecule has 2 aromatic rings. The summed E-state index contributed by atoms with van der Waals surface area (Å²) in [6, 6.07) is 1.96. The summed E-state index contributed by atoms with van der Waals surface area (Å²) in [6.07, 6.45) is 6.19. The van der Waals surface area contributed by atoms with Crippen LogP contribution in [0.15, 0.2) is 40.2 Å². The molecule has 4 rings (SSSR count). The molecule has 0 radical (unpaired) electrons. The molecule has 0 fully saturated rings. The number of hydrogen-bond donors (Lipinski definition) is 4. The van der Waals surface area contributed by atoms with E-state index in [9.17, 15) is 20.0 Å². The Hall–Kier alpha value is -4.54. The summed E-state index contributed by atoms with van der Waals surface area (Å²) < 4.78 is 0. The van der Waals surface area contributed by atoms with E-state index >= 15 is 0 Å². The Kier molecular flexibility index (Phi) is 5.38. The molecule has 2 aromatic heterocycles. The number of rotatable bonds is 2. The summed E-state index contributed by atoms with van der Waals surface area (Å²) in [4.78, 5) is 41.4. The van der Waals surface area contributed by atoms with Gasteiger partial charge in [-0.3, -0.25) is 14.6 Å². The van der Waals surface area contributed by atoms with Crippen molar-refractivity contribution in [3.63, 3.8) is 0 Å². The lowest BCUT2D eigenvalue weighted by molar-refractivity contribution is -0.115. The Labute approximate surface area is 190 Å². The van der Waals surface area contributed by atoms with Gasteiger partial charge in [0.05, 0.1) is 17.1 Å². The molecular weight excluding hydrogens is 448 g/mol. The van der Waals surface area contributed by atoms with Crippen molar-refractivity contribution < 1.29 is 19.5 Å². The fraction of sp³-hybridized carbons (Fsp3) is 0.100. The van der Waals surface area contributed by atoms with Crippen molar-refractivity contribution >= 4 is 62.0 Å². The number of thiophene rings is 1. The summed E-state index contributed by atoms with van der Waals surface area (Å²) in [6.45, 7) is 1.33. The smallest absolute Gasteiger partial charge is 0.325 e. The van der Waals surface area contributed by atoms with E-state index in [0.29, 0.717) is 11.4 Å². The first-order chi connectivity index (χ1) is 15.7. The number of aromatic nitrogens is 1. The zero-order valence-electron chi connectivity index (χ0n) is 17.3. The number of amides is 2. The molecule has 13 heteroatoms. The number of aliphatic imine (C=N–C) groups is 2. The van der Waals surface area contributed by atoms with Crippen LogP contribution in [0.25, 0.3) is 15.9 Å². The Balaban J connectivity index is 1.83. The summed E-state index contributed by atoms with van der Waals surface area (Å²) in [5, 5.41) is 21.5. The van der Waals surface area contributed by atoms with Crippen LogP contribution < -0.4 is 17.1 Å². The maximum absolute atomic E-state index is 12.9. The SMILES string of the molecule is CC(=O)N=C1C=CC(=NC(=O)c2sc3nc(N)c(C#N)c(C4=C(O)ONN4C)c3c2N)C=C1. The van der Waals surface area contributed by atoms with Crippen LogP contribution in [-0.4, -0.2) is 45.4 Å². The first-order valence-corrected chi connectivity index (χ1v) is 10.1. The number of hydrazine groups is 1. The second-order valence-corrected chi connectivity index (χ2v) is 7.85. The van der Waals surface area contributed by atoms with Crippen LogP contribution in [-0.2, 0) is 9.63 Å². The number of carbonyl (C=O) groups is 2. The van der Waals surface area contributed by atoms with Gasteiger partial charge in [-0.25, -0.2) is 15.0 Å². The van der Waals surface area contributed by atoms with E-state index in [2.05, 4.69) is 20.6 Å². The lowest BCUT2D eigenvalue weighted by Gasteiger charge is -2.15. The number of nitrogens with zero attached hydrogens (tertiary/aromatic N) is 5. The minimum absolute atomic E-state index is 0.0338. The Bertz CT molecular complexity index is 1410. The van der Waals surface area contributed by atoms with E-state index in [-0.39, 0.29) is 49.3 Å². The van der Waals surface area contributed by atoms with E-state index in [1.807, 2.05) is 6.07 Å². The topological polar surface area (TPSA) is 192 Å². The zero-order chi connectivity index (χ0) is 23.9. The molecule has 0 bridgehead atoms. The van der Waals surface area contributed by atoms with E-state index in [4.69, 9.17) is 16.3 Å². The second-order valence-electron chi connectivity index (χ2n) is 6.85. The number of nitrogens with two attached hydrogens (primary N) is 2. The summed E-state index contributed by atoms with van der Waals surface area (Å²) >= 11 is 0.956. The molecule has 0 saturated heterocycles. The molecule has 33 heavy (non-hydrogen) atoms. The number of pyridine rings is 1. The number of aliphatic hydroxyl groups is 1. The van der Waals surface area contributed by atoms with Gasteiger partial charge >= 0.3 is 5.95 Å². The van der Waals surface area contributed by atoms with Crippen molar-refractivity contribution in [2.45, 2.75) is 6.92 Å². The van der Waals surface area contributed by atoms with E-state index < -0.39 is 11.9 Å². The number of nitrogens with one attached hydrogen (secondary N) is 1.